The first kappa shape index (κ1) is 20.6. The minimum absolute atomic E-state index is 0.0244. The van der Waals surface area contributed by atoms with Gasteiger partial charge in [-0.3, -0.25) is 0 Å². The topological polar surface area (TPSA) is 73.8 Å². The lowest BCUT2D eigenvalue weighted by Crippen LogP contribution is -2.15. The van der Waals surface area contributed by atoms with Crippen LogP contribution in [0.25, 0.3) is 27.7 Å². The van der Waals surface area contributed by atoms with Crippen LogP contribution in [0.3, 0.4) is 0 Å². The third-order valence-electron chi connectivity index (χ3n) is 3.92. The predicted molar refractivity (Wildman–Crippen MR) is 112 cm³/mol. The summed E-state index contributed by atoms with van der Waals surface area (Å²) < 4.78 is 16.6. The molecule has 29 heavy (non-hydrogen) atoms. The van der Waals surface area contributed by atoms with E-state index in [1.807, 2.05) is 27.0 Å². The second-order valence-corrected chi connectivity index (χ2v) is 6.88. The number of ether oxygens (including phenoxy) is 2. The van der Waals surface area contributed by atoms with Crippen molar-refractivity contribution in [2.75, 3.05) is 20.2 Å². The fourth-order valence-corrected chi connectivity index (χ4v) is 2.83. The molecule has 0 aliphatic heterocycles. The van der Waals surface area contributed by atoms with E-state index in [0.29, 0.717) is 51.7 Å². The molecule has 0 unspecified atom stereocenters. The first-order valence-electron chi connectivity index (χ1n) is 9.11. The van der Waals surface area contributed by atoms with Gasteiger partial charge in [-0.25, -0.2) is 4.85 Å². The molecule has 1 N–H and O–H groups in total. The number of hydrogen-bond acceptors (Lipinski definition) is 6. The van der Waals surface area contributed by atoms with Gasteiger partial charge in [0.1, 0.15) is 18.1 Å². The minimum atomic E-state index is -0.0244. The van der Waals surface area contributed by atoms with Crippen LogP contribution in [0, 0.1) is 6.57 Å². The number of nitrogens with one attached hydrogen (secondary N) is 1. The summed E-state index contributed by atoms with van der Waals surface area (Å²) in [5, 5.41) is 7.50. The van der Waals surface area contributed by atoms with Gasteiger partial charge in [-0.1, -0.05) is 16.8 Å². The molecule has 0 spiro atoms. The van der Waals surface area contributed by atoms with E-state index in [9.17, 15) is 0 Å². The molecular weight excluding hydrogens is 392 g/mol. The third kappa shape index (κ3) is 5.05. The number of hydrogen-bond donors (Lipinski definition) is 1. The number of aromatic nitrogens is 2. The number of nitrogens with zero attached hydrogens (tertiary/aromatic N) is 3. The fourth-order valence-electron chi connectivity index (χ4n) is 2.58. The quantitative estimate of drug-likeness (QED) is 0.415. The van der Waals surface area contributed by atoms with Gasteiger partial charge in [0.15, 0.2) is 0 Å². The molecule has 3 rings (SSSR count). The lowest BCUT2D eigenvalue weighted by Gasteiger charge is -2.11. The van der Waals surface area contributed by atoms with Crippen LogP contribution >= 0.6 is 11.6 Å². The Morgan fingerprint density at radius 3 is 2.76 bits per heavy atom. The van der Waals surface area contributed by atoms with E-state index in [1.165, 1.54) is 0 Å². The highest BCUT2D eigenvalue weighted by Gasteiger charge is 2.16. The molecule has 0 radical (unpaired) electrons. The van der Waals surface area contributed by atoms with E-state index >= 15 is 0 Å². The Morgan fingerprint density at radius 2 is 2.07 bits per heavy atom. The number of benzene rings is 2. The average Bonchev–Trinajstić information content (AvgIpc) is 3.18. The first-order valence-corrected chi connectivity index (χ1v) is 9.49. The Balaban J connectivity index is 1.83. The summed E-state index contributed by atoms with van der Waals surface area (Å²) in [5.74, 6) is 1.85. The molecule has 150 valence electrons. The lowest BCUT2D eigenvalue weighted by molar-refractivity contribution is 0.244. The summed E-state index contributed by atoms with van der Waals surface area (Å²) in [6, 6.07) is 10.5. The van der Waals surface area contributed by atoms with Gasteiger partial charge in [-0.2, -0.15) is 4.98 Å². The summed E-state index contributed by atoms with van der Waals surface area (Å²) in [7, 11) is 1.86. The summed E-state index contributed by atoms with van der Waals surface area (Å²) in [4.78, 5) is 7.95. The molecule has 8 heteroatoms. The van der Waals surface area contributed by atoms with Crippen LogP contribution in [-0.4, -0.2) is 36.4 Å². The normalized spacial score (nSPS) is 10.8. The summed E-state index contributed by atoms with van der Waals surface area (Å²) in [6.07, 6.45) is -0.0244. The van der Waals surface area contributed by atoms with Crippen LogP contribution in [0.1, 0.15) is 13.8 Å². The van der Waals surface area contributed by atoms with Crippen molar-refractivity contribution in [2.45, 2.75) is 20.0 Å². The Hall–Kier alpha value is -3.08. The van der Waals surface area contributed by atoms with Crippen molar-refractivity contribution >= 4 is 17.3 Å². The highest BCUT2D eigenvalue weighted by atomic mass is 35.5. The molecule has 0 bridgehead atoms. The molecule has 7 nitrogen and oxygen atoms in total. The van der Waals surface area contributed by atoms with Crippen LogP contribution in [-0.2, 0) is 0 Å². The van der Waals surface area contributed by atoms with E-state index in [2.05, 4.69) is 20.3 Å². The number of halogens is 1. The van der Waals surface area contributed by atoms with Crippen LogP contribution in [0.15, 0.2) is 40.9 Å². The van der Waals surface area contributed by atoms with Gasteiger partial charge in [-0.05, 0) is 57.3 Å². The largest absolute Gasteiger partial charge is 0.502 e. The molecule has 0 saturated heterocycles. The maximum atomic E-state index is 7.38. The van der Waals surface area contributed by atoms with Crippen LogP contribution in [0.4, 0.5) is 5.69 Å². The maximum absolute atomic E-state index is 7.38. The van der Waals surface area contributed by atoms with Gasteiger partial charge in [0.2, 0.25) is 11.5 Å². The van der Waals surface area contributed by atoms with Gasteiger partial charge in [0, 0.05) is 17.7 Å². The van der Waals surface area contributed by atoms with E-state index in [0.717, 1.165) is 6.54 Å². The second-order valence-electron chi connectivity index (χ2n) is 6.48. The van der Waals surface area contributed by atoms with E-state index in [-0.39, 0.29) is 6.10 Å². The van der Waals surface area contributed by atoms with Gasteiger partial charge < -0.3 is 19.3 Å². The zero-order chi connectivity index (χ0) is 20.8. The summed E-state index contributed by atoms with van der Waals surface area (Å²) in [5.41, 5.74) is 1.65. The smallest absolute Gasteiger partial charge is 0.256 e. The van der Waals surface area contributed by atoms with Crippen molar-refractivity contribution in [1.29, 1.82) is 0 Å². The molecule has 0 aliphatic carbocycles. The highest BCUT2D eigenvalue weighted by molar-refractivity contribution is 6.33. The zero-order valence-corrected chi connectivity index (χ0v) is 17.2. The van der Waals surface area contributed by atoms with Gasteiger partial charge in [0.05, 0.1) is 17.7 Å². The molecule has 0 saturated carbocycles. The molecule has 0 amide bonds. The van der Waals surface area contributed by atoms with Crippen LogP contribution in [0.5, 0.6) is 11.5 Å². The minimum Gasteiger partial charge on any atom is -0.502 e. The third-order valence-corrected chi connectivity index (χ3v) is 4.23. The van der Waals surface area contributed by atoms with Crippen molar-refractivity contribution in [1.82, 2.24) is 15.5 Å². The Morgan fingerprint density at radius 1 is 1.24 bits per heavy atom. The fraction of sp³-hybridized carbons (Fsp3) is 0.286. The second kappa shape index (κ2) is 9.41. The summed E-state index contributed by atoms with van der Waals surface area (Å²) >= 11 is 6.38. The molecule has 1 heterocycles. The van der Waals surface area contributed by atoms with Crippen molar-refractivity contribution in [3.63, 3.8) is 0 Å². The predicted octanol–water partition coefficient (Wildman–Crippen LogP) is 4.99. The molecule has 1 aromatic heterocycles. The summed E-state index contributed by atoms with van der Waals surface area (Å²) in [6.45, 7) is 12.5. The monoisotopic (exact) mass is 412 g/mol. The van der Waals surface area contributed by atoms with Crippen molar-refractivity contribution in [3.8, 4) is 34.3 Å². The van der Waals surface area contributed by atoms with Gasteiger partial charge in [0.25, 0.3) is 5.89 Å². The van der Waals surface area contributed by atoms with Crippen molar-refractivity contribution < 1.29 is 14.0 Å². The Bertz CT molecular complexity index is 1030. The van der Waals surface area contributed by atoms with Gasteiger partial charge >= 0.3 is 0 Å². The van der Waals surface area contributed by atoms with Crippen LogP contribution in [0.2, 0.25) is 5.02 Å². The van der Waals surface area contributed by atoms with E-state index in [4.69, 9.17) is 32.2 Å². The molecule has 2 aromatic carbocycles. The number of likely N-dealkylation sites (N-methyl/N-ethyl adjacent to an activating group) is 1. The van der Waals surface area contributed by atoms with Crippen molar-refractivity contribution in [2.24, 2.45) is 0 Å². The maximum Gasteiger partial charge on any atom is 0.256 e. The Labute approximate surface area is 174 Å². The first-order chi connectivity index (χ1) is 14.0. The lowest BCUT2D eigenvalue weighted by atomic mass is 10.1. The molecular formula is C21H21ClN4O3. The van der Waals surface area contributed by atoms with E-state index in [1.54, 1.807) is 30.3 Å². The standard InChI is InChI=1S/C21H21ClN4O3/c1-13(2)28-19-8-5-14(11-18(19)24-4)21-25-20(26-29-21)16-7-6-15(12-17(16)22)27-10-9-23-3/h5-8,11-13,23H,9-10H2,1-3H3. The van der Waals surface area contributed by atoms with E-state index < -0.39 is 0 Å². The molecule has 0 fully saturated rings. The number of rotatable bonds is 8. The molecule has 0 aliphatic rings. The van der Waals surface area contributed by atoms with Gasteiger partial charge in [-0.15, -0.1) is 0 Å². The van der Waals surface area contributed by atoms with Crippen molar-refractivity contribution in [3.05, 3.63) is 52.8 Å². The highest BCUT2D eigenvalue weighted by Crippen LogP contribution is 2.35. The Kier molecular flexibility index (Phi) is 6.70. The molecule has 0 atom stereocenters. The average molecular weight is 413 g/mol. The SMILES string of the molecule is [C-]#[N+]c1cc(-c2nc(-c3ccc(OCCNC)cc3Cl)no2)ccc1OC(C)C. The zero-order valence-electron chi connectivity index (χ0n) is 16.4. The molecule has 3 aromatic rings. The van der Waals surface area contributed by atoms with Crippen LogP contribution < -0.4 is 14.8 Å².